The van der Waals surface area contributed by atoms with Crippen molar-refractivity contribution in [2.45, 2.75) is 32.5 Å². The highest BCUT2D eigenvalue weighted by atomic mass is 16.3. The van der Waals surface area contributed by atoms with Crippen molar-refractivity contribution >= 4 is 0 Å². The summed E-state index contributed by atoms with van der Waals surface area (Å²) in [7, 11) is 0. The van der Waals surface area contributed by atoms with E-state index in [1.54, 1.807) is 0 Å². The van der Waals surface area contributed by atoms with Crippen LogP contribution >= 0.6 is 0 Å². The highest BCUT2D eigenvalue weighted by Crippen LogP contribution is 2.11. The Morgan fingerprint density at radius 2 is 1.30 bits per heavy atom. The molecule has 2 nitrogen and oxygen atoms in total. The van der Waals surface area contributed by atoms with Gasteiger partial charge in [0.1, 0.15) is 0 Å². The number of hydrogen-bond acceptors (Lipinski definition) is 2. The van der Waals surface area contributed by atoms with Crippen molar-refractivity contribution in [1.82, 2.24) is 4.90 Å². The van der Waals surface area contributed by atoms with Gasteiger partial charge < -0.3 is 5.11 Å². The van der Waals surface area contributed by atoms with E-state index < -0.39 is 0 Å². The second-order valence-corrected chi connectivity index (χ2v) is 5.32. The van der Waals surface area contributed by atoms with Crippen LogP contribution in [0.3, 0.4) is 0 Å². The molecule has 20 heavy (non-hydrogen) atoms. The van der Waals surface area contributed by atoms with E-state index in [0.717, 1.165) is 26.1 Å². The highest BCUT2D eigenvalue weighted by Gasteiger charge is 2.08. The van der Waals surface area contributed by atoms with E-state index in [9.17, 15) is 5.11 Å². The summed E-state index contributed by atoms with van der Waals surface area (Å²) in [6, 6.07) is 21.0. The quantitative estimate of drug-likeness (QED) is 0.832. The lowest BCUT2D eigenvalue weighted by atomic mass is 10.1. The van der Waals surface area contributed by atoms with E-state index in [2.05, 4.69) is 53.4 Å². The van der Waals surface area contributed by atoms with Crippen LogP contribution in [0, 0.1) is 0 Å². The van der Waals surface area contributed by atoms with Gasteiger partial charge in [-0.25, -0.2) is 0 Å². The molecule has 2 aromatic carbocycles. The molecule has 2 rings (SSSR count). The van der Waals surface area contributed by atoms with E-state index in [1.165, 1.54) is 11.1 Å². The SMILES string of the molecule is C[C@@H](O)CCN(Cc1ccccc1)Cc1ccccc1. The number of rotatable bonds is 7. The van der Waals surface area contributed by atoms with Crippen molar-refractivity contribution in [2.75, 3.05) is 6.54 Å². The molecule has 0 bridgehead atoms. The van der Waals surface area contributed by atoms with E-state index in [4.69, 9.17) is 0 Å². The van der Waals surface area contributed by atoms with Crippen LogP contribution in [0.2, 0.25) is 0 Å². The van der Waals surface area contributed by atoms with Crippen LogP contribution in [0.1, 0.15) is 24.5 Å². The first-order valence-electron chi connectivity index (χ1n) is 7.22. The maximum atomic E-state index is 9.51. The molecule has 1 N–H and O–H groups in total. The van der Waals surface area contributed by atoms with Gasteiger partial charge in [0.2, 0.25) is 0 Å². The van der Waals surface area contributed by atoms with Crippen LogP contribution in [-0.2, 0) is 13.1 Å². The molecule has 0 unspecified atom stereocenters. The second-order valence-electron chi connectivity index (χ2n) is 5.32. The first-order valence-corrected chi connectivity index (χ1v) is 7.22. The zero-order chi connectivity index (χ0) is 14.2. The highest BCUT2D eigenvalue weighted by molar-refractivity contribution is 5.17. The van der Waals surface area contributed by atoms with Gasteiger partial charge in [-0.05, 0) is 24.5 Å². The van der Waals surface area contributed by atoms with Crippen LogP contribution < -0.4 is 0 Å². The summed E-state index contributed by atoms with van der Waals surface area (Å²) >= 11 is 0. The second kappa shape index (κ2) is 7.83. The smallest absolute Gasteiger partial charge is 0.0524 e. The fourth-order valence-electron chi connectivity index (χ4n) is 2.27. The van der Waals surface area contributed by atoms with Gasteiger partial charge in [-0.2, -0.15) is 0 Å². The summed E-state index contributed by atoms with van der Waals surface area (Å²) in [6.07, 6.45) is 0.559. The Kier molecular flexibility index (Phi) is 5.78. The number of hydrogen-bond donors (Lipinski definition) is 1. The van der Waals surface area contributed by atoms with Crippen LogP contribution in [0.5, 0.6) is 0 Å². The molecule has 0 aliphatic carbocycles. The molecule has 2 aromatic rings. The first-order chi connectivity index (χ1) is 9.74. The molecular formula is C18H23NO. The molecular weight excluding hydrogens is 246 g/mol. The molecule has 0 saturated heterocycles. The molecule has 0 heterocycles. The van der Waals surface area contributed by atoms with Crippen molar-refractivity contribution in [3.8, 4) is 0 Å². The fraction of sp³-hybridized carbons (Fsp3) is 0.333. The molecule has 0 saturated carbocycles. The topological polar surface area (TPSA) is 23.5 Å². The Balaban J connectivity index is 2.00. The fourth-order valence-corrected chi connectivity index (χ4v) is 2.27. The molecule has 2 heteroatoms. The van der Waals surface area contributed by atoms with E-state index in [1.807, 2.05) is 19.1 Å². The zero-order valence-electron chi connectivity index (χ0n) is 12.1. The van der Waals surface area contributed by atoms with E-state index >= 15 is 0 Å². The lowest BCUT2D eigenvalue weighted by Crippen LogP contribution is -2.26. The molecule has 0 amide bonds. The van der Waals surface area contributed by atoms with Crippen LogP contribution in [0.15, 0.2) is 60.7 Å². The van der Waals surface area contributed by atoms with Gasteiger partial charge in [0, 0.05) is 19.6 Å². The normalized spacial score (nSPS) is 12.6. The van der Waals surface area contributed by atoms with Gasteiger partial charge in [-0.3, -0.25) is 4.90 Å². The largest absolute Gasteiger partial charge is 0.393 e. The van der Waals surface area contributed by atoms with E-state index in [0.29, 0.717) is 0 Å². The minimum absolute atomic E-state index is 0.246. The lowest BCUT2D eigenvalue weighted by molar-refractivity contribution is 0.150. The molecule has 0 fully saturated rings. The molecule has 0 aliphatic heterocycles. The van der Waals surface area contributed by atoms with Crippen molar-refractivity contribution < 1.29 is 5.11 Å². The summed E-state index contributed by atoms with van der Waals surface area (Å²) in [5.41, 5.74) is 2.63. The number of nitrogens with zero attached hydrogens (tertiary/aromatic N) is 1. The monoisotopic (exact) mass is 269 g/mol. The maximum Gasteiger partial charge on any atom is 0.0524 e. The van der Waals surface area contributed by atoms with E-state index in [-0.39, 0.29) is 6.10 Å². The molecule has 0 radical (unpaired) electrons. The van der Waals surface area contributed by atoms with Gasteiger partial charge in [-0.15, -0.1) is 0 Å². The third-order valence-corrected chi connectivity index (χ3v) is 3.36. The van der Waals surface area contributed by atoms with Gasteiger partial charge >= 0.3 is 0 Å². The predicted octanol–water partition coefficient (Wildman–Crippen LogP) is 3.46. The molecule has 0 aliphatic rings. The minimum Gasteiger partial charge on any atom is -0.393 e. The van der Waals surface area contributed by atoms with Crippen LogP contribution in [0.25, 0.3) is 0 Å². The first kappa shape index (κ1) is 14.8. The average molecular weight is 269 g/mol. The van der Waals surface area contributed by atoms with Gasteiger partial charge in [0.25, 0.3) is 0 Å². The molecule has 0 spiro atoms. The third kappa shape index (κ3) is 5.16. The molecule has 1 atom stereocenters. The number of benzene rings is 2. The number of aliphatic hydroxyl groups excluding tert-OH is 1. The molecule has 0 aromatic heterocycles. The number of aliphatic hydroxyl groups is 1. The zero-order valence-corrected chi connectivity index (χ0v) is 12.1. The van der Waals surface area contributed by atoms with Crippen molar-refractivity contribution in [3.63, 3.8) is 0 Å². The summed E-state index contributed by atoms with van der Waals surface area (Å²) in [6.45, 7) is 4.59. The Labute approximate surface area is 121 Å². The standard InChI is InChI=1S/C18H23NO/c1-16(20)12-13-19(14-17-8-4-2-5-9-17)15-18-10-6-3-7-11-18/h2-11,16,20H,12-15H2,1H3/t16-/m1/s1. The predicted molar refractivity (Wildman–Crippen MR) is 83.3 cm³/mol. The Morgan fingerprint density at radius 3 is 1.70 bits per heavy atom. The van der Waals surface area contributed by atoms with Crippen molar-refractivity contribution in [3.05, 3.63) is 71.8 Å². The van der Waals surface area contributed by atoms with Gasteiger partial charge in [0.15, 0.2) is 0 Å². The van der Waals surface area contributed by atoms with Gasteiger partial charge in [-0.1, -0.05) is 60.7 Å². The third-order valence-electron chi connectivity index (χ3n) is 3.36. The van der Waals surface area contributed by atoms with Crippen LogP contribution in [-0.4, -0.2) is 22.7 Å². The van der Waals surface area contributed by atoms with Gasteiger partial charge in [0.05, 0.1) is 6.10 Å². The summed E-state index contributed by atoms with van der Waals surface area (Å²) in [5.74, 6) is 0. The summed E-state index contributed by atoms with van der Waals surface area (Å²) in [5, 5.41) is 9.51. The lowest BCUT2D eigenvalue weighted by Gasteiger charge is -2.23. The summed E-state index contributed by atoms with van der Waals surface area (Å²) in [4.78, 5) is 2.39. The Morgan fingerprint density at radius 1 is 0.850 bits per heavy atom. The van der Waals surface area contributed by atoms with Crippen molar-refractivity contribution in [2.24, 2.45) is 0 Å². The summed E-state index contributed by atoms with van der Waals surface area (Å²) < 4.78 is 0. The molecule has 106 valence electrons. The Hall–Kier alpha value is -1.64. The Bertz CT molecular complexity index is 440. The average Bonchev–Trinajstić information content (AvgIpc) is 2.47. The van der Waals surface area contributed by atoms with Crippen molar-refractivity contribution in [1.29, 1.82) is 0 Å². The minimum atomic E-state index is -0.246. The van der Waals surface area contributed by atoms with Crippen LogP contribution in [0.4, 0.5) is 0 Å². The maximum absolute atomic E-state index is 9.51.